The van der Waals surface area contributed by atoms with E-state index in [0.717, 1.165) is 94.6 Å². The van der Waals surface area contributed by atoms with E-state index in [1.807, 2.05) is 12.1 Å². The van der Waals surface area contributed by atoms with E-state index in [1.165, 1.54) is 21.9 Å². The lowest BCUT2D eigenvalue weighted by molar-refractivity contribution is 0.670. The third-order valence-corrected chi connectivity index (χ3v) is 13.3. The molecule has 0 radical (unpaired) electrons. The number of rotatable bonds is 8. The standard InChI is InChI=1S/C63H42N4O/c1-2-15-41(16-3-1)44-17-10-18-45(37-44)42-33-35-43(36-34-42)61-64-62(66-63(65-61)50-23-13-24-51(40-50)67-57-30-7-4-25-53(57)54-26-5-8-31-58(54)67)49-22-12-20-47(39-49)46-19-11-21-48(38-46)52-28-14-29-56-55-27-6-9-32-59(55)68-60(52)56/h1-40,61H,(H,64,65,66). The number of benzene rings is 10. The molecule has 0 saturated heterocycles. The Balaban J connectivity index is 0.890. The van der Waals surface area contributed by atoms with Crippen molar-refractivity contribution in [3.8, 4) is 50.2 Å². The molecule has 320 valence electrons. The van der Waals surface area contributed by atoms with Crippen molar-refractivity contribution in [1.29, 1.82) is 0 Å². The van der Waals surface area contributed by atoms with Crippen LogP contribution in [0.2, 0.25) is 0 Å². The molecule has 0 spiro atoms. The maximum atomic E-state index is 6.45. The van der Waals surface area contributed by atoms with Gasteiger partial charge in [-0.25, -0.2) is 9.98 Å². The predicted molar refractivity (Wildman–Crippen MR) is 282 cm³/mol. The Kier molecular flexibility index (Phi) is 9.50. The van der Waals surface area contributed by atoms with E-state index >= 15 is 0 Å². The maximum absolute atomic E-state index is 6.45. The number of fused-ring (bicyclic) bond motifs is 6. The molecule has 0 aliphatic carbocycles. The highest BCUT2D eigenvalue weighted by molar-refractivity contribution is 6.14. The van der Waals surface area contributed by atoms with E-state index in [2.05, 4.69) is 240 Å². The maximum Gasteiger partial charge on any atom is 0.159 e. The quantitative estimate of drug-likeness (QED) is 0.165. The van der Waals surface area contributed by atoms with E-state index in [9.17, 15) is 0 Å². The molecule has 5 nitrogen and oxygen atoms in total. The van der Waals surface area contributed by atoms with Crippen LogP contribution in [0.4, 0.5) is 0 Å². The predicted octanol–water partition coefficient (Wildman–Crippen LogP) is 15.8. The lowest BCUT2D eigenvalue weighted by Crippen LogP contribution is -2.33. The van der Waals surface area contributed by atoms with Gasteiger partial charge >= 0.3 is 0 Å². The van der Waals surface area contributed by atoms with Gasteiger partial charge in [0.05, 0.1) is 11.0 Å². The Hall–Kier alpha value is -9.06. The summed E-state index contributed by atoms with van der Waals surface area (Å²) in [6.07, 6.45) is -0.393. The number of hydrogen-bond acceptors (Lipinski definition) is 4. The summed E-state index contributed by atoms with van der Waals surface area (Å²) in [6.45, 7) is 0. The Morgan fingerprint density at radius 3 is 1.63 bits per heavy atom. The van der Waals surface area contributed by atoms with E-state index in [4.69, 9.17) is 14.4 Å². The lowest BCUT2D eigenvalue weighted by atomic mass is 9.96. The second kappa shape index (κ2) is 16.4. The lowest BCUT2D eigenvalue weighted by Gasteiger charge is -2.24. The first kappa shape index (κ1) is 39.3. The van der Waals surface area contributed by atoms with E-state index < -0.39 is 6.17 Å². The van der Waals surface area contributed by atoms with Crippen LogP contribution in [0.25, 0.3) is 93.9 Å². The molecule has 0 fully saturated rings. The normalized spacial score (nSPS) is 13.7. The summed E-state index contributed by atoms with van der Waals surface area (Å²) < 4.78 is 8.80. The molecular weight excluding hydrogens is 829 g/mol. The van der Waals surface area contributed by atoms with Crippen LogP contribution in [0.15, 0.2) is 257 Å². The van der Waals surface area contributed by atoms with Crippen molar-refractivity contribution in [2.45, 2.75) is 6.17 Å². The van der Waals surface area contributed by atoms with Gasteiger partial charge < -0.3 is 14.3 Å². The summed E-state index contributed by atoms with van der Waals surface area (Å²) in [7, 11) is 0. The van der Waals surface area contributed by atoms with Gasteiger partial charge in [-0.3, -0.25) is 0 Å². The third-order valence-electron chi connectivity index (χ3n) is 13.3. The van der Waals surface area contributed by atoms with Crippen LogP contribution in [0.5, 0.6) is 0 Å². The van der Waals surface area contributed by atoms with Gasteiger partial charge in [0.15, 0.2) is 5.84 Å². The van der Waals surface area contributed by atoms with Gasteiger partial charge in [0, 0.05) is 43.9 Å². The molecule has 1 N–H and O–H groups in total. The van der Waals surface area contributed by atoms with Crippen LogP contribution in [0.1, 0.15) is 22.9 Å². The number of hydrogen-bond donors (Lipinski definition) is 1. The van der Waals surface area contributed by atoms with Crippen LogP contribution in [-0.4, -0.2) is 16.2 Å². The molecule has 10 aromatic carbocycles. The zero-order valence-electron chi connectivity index (χ0n) is 36.9. The zero-order chi connectivity index (χ0) is 45.0. The van der Waals surface area contributed by atoms with Crippen LogP contribution in [0, 0.1) is 0 Å². The van der Waals surface area contributed by atoms with Crippen molar-refractivity contribution < 1.29 is 4.42 Å². The van der Waals surface area contributed by atoms with Crippen molar-refractivity contribution >= 4 is 55.4 Å². The molecule has 0 bridgehead atoms. The molecule has 1 unspecified atom stereocenters. The van der Waals surface area contributed by atoms with Gasteiger partial charge in [-0.05, 0) is 93.0 Å². The molecule has 5 heteroatoms. The topological polar surface area (TPSA) is 54.8 Å². The average Bonchev–Trinajstić information content (AvgIpc) is 3.97. The van der Waals surface area contributed by atoms with E-state index in [-0.39, 0.29) is 0 Å². The van der Waals surface area contributed by atoms with Crippen molar-refractivity contribution in [3.63, 3.8) is 0 Å². The van der Waals surface area contributed by atoms with Gasteiger partial charge in [0.1, 0.15) is 23.2 Å². The number of para-hydroxylation sites is 4. The summed E-state index contributed by atoms with van der Waals surface area (Å²) in [5.74, 6) is 1.42. The minimum atomic E-state index is -0.393. The molecule has 13 rings (SSSR count). The molecule has 2 aromatic heterocycles. The van der Waals surface area contributed by atoms with Crippen molar-refractivity contribution in [3.05, 3.63) is 259 Å². The first-order valence-corrected chi connectivity index (χ1v) is 23.1. The van der Waals surface area contributed by atoms with Gasteiger partial charge in [0.25, 0.3) is 0 Å². The molecule has 0 amide bonds. The number of aromatic nitrogens is 1. The highest BCUT2D eigenvalue weighted by Crippen LogP contribution is 2.38. The second-order valence-electron chi connectivity index (χ2n) is 17.4. The number of furan rings is 1. The van der Waals surface area contributed by atoms with Crippen LogP contribution < -0.4 is 5.32 Å². The second-order valence-corrected chi connectivity index (χ2v) is 17.4. The van der Waals surface area contributed by atoms with Gasteiger partial charge in [0.2, 0.25) is 0 Å². The molecule has 68 heavy (non-hydrogen) atoms. The van der Waals surface area contributed by atoms with Crippen molar-refractivity contribution in [2.24, 2.45) is 9.98 Å². The summed E-state index contributed by atoms with van der Waals surface area (Å²) in [6, 6.07) is 85.9. The molecule has 1 aliphatic heterocycles. The minimum Gasteiger partial charge on any atom is -0.455 e. The Bertz CT molecular complexity index is 3900. The fourth-order valence-electron chi connectivity index (χ4n) is 9.93. The SMILES string of the molecule is c1ccc(-c2cccc(-c3ccc(C4N=C(c5cccc(-n6c7ccccc7c7ccccc76)c5)N=C(c5cccc(-c6cccc(-c7cccc8c7oc7ccccc78)c6)c5)N4)cc3)c2)cc1. The first-order chi connectivity index (χ1) is 33.7. The summed E-state index contributed by atoms with van der Waals surface area (Å²) in [4.78, 5) is 10.7. The summed E-state index contributed by atoms with van der Waals surface area (Å²) in [5, 5.41) is 8.45. The van der Waals surface area contributed by atoms with Crippen LogP contribution in [0.3, 0.4) is 0 Å². The average molecular weight is 871 g/mol. The van der Waals surface area contributed by atoms with Crippen LogP contribution in [-0.2, 0) is 0 Å². The third kappa shape index (κ3) is 6.97. The number of aliphatic imine (C=N–C) groups is 2. The Morgan fingerprint density at radius 1 is 0.382 bits per heavy atom. The van der Waals surface area contributed by atoms with E-state index in [1.54, 1.807) is 0 Å². The minimum absolute atomic E-state index is 0.393. The first-order valence-electron chi connectivity index (χ1n) is 23.1. The summed E-state index contributed by atoms with van der Waals surface area (Å²) >= 11 is 0. The molecule has 12 aromatic rings. The molecule has 1 aliphatic rings. The Morgan fingerprint density at radius 2 is 0.897 bits per heavy atom. The summed E-state index contributed by atoms with van der Waals surface area (Å²) in [5.41, 5.74) is 17.2. The number of nitrogens with one attached hydrogen (secondary N) is 1. The van der Waals surface area contributed by atoms with Crippen molar-refractivity contribution in [2.75, 3.05) is 0 Å². The van der Waals surface area contributed by atoms with E-state index in [0.29, 0.717) is 5.84 Å². The van der Waals surface area contributed by atoms with Gasteiger partial charge in [-0.15, -0.1) is 0 Å². The van der Waals surface area contributed by atoms with Gasteiger partial charge in [-0.1, -0.05) is 194 Å². The van der Waals surface area contributed by atoms with Crippen LogP contribution >= 0.6 is 0 Å². The fraction of sp³-hybridized carbons (Fsp3) is 0.0159. The molecule has 0 saturated carbocycles. The largest absolute Gasteiger partial charge is 0.455 e. The highest BCUT2D eigenvalue weighted by atomic mass is 16.3. The highest BCUT2D eigenvalue weighted by Gasteiger charge is 2.23. The number of amidine groups is 2. The Labute approximate surface area is 393 Å². The fourth-order valence-corrected chi connectivity index (χ4v) is 9.93. The zero-order valence-corrected chi connectivity index (χ0v) is 36.9. The molecular formula is C63H42N4O. The molecule has 1 atom stereocenters. The van der Waals surface area contributed by atoms with Crippen molar-refractivity contribution in [1.82, 2.24) is 9.88 Å². The monoisotopic (exact) mass is 870 g/mol. The van der Waals surface area contributed by atoms with Gasteiger partial charge in [-0.2, -0.15) is 0 Å². The smallest absolute Gasteiger partial charge is 0.159 e. The number of nitrogens with zero attached hydrogens (tertiary/aromatic N) is 3. The molecule has 3 heterocycles.